The van der Waals surface area contributed by atoms with E-state index in [9.17, 15) is 14.8 Å². The summed E-state index contributed by atoms with van der Waals surface area (Å²) >= 11 is 1.61. The first-order valence-corrected chi connectivity index (χ1v) is 10.0. The Labute approximate surface area is 166 Å². The number of nitrogens with one attached hydrogen (secondary N) is 1. The minimum absolute atomic E-state index is 0.226. The van der Waals surface area contributed by atoms with Gasteiger partial charge in [-0.25, -0.2) is 4.98 Å². The van der Waals surface area contributed by atoms with Crippen LogP contribution >= 0.6 is 11.3 Å². The zero-order valence-corrected chi connectivity index (χ0v) is 16.0. The van der Waals surface area contributed by atoms with Crippen molar-refractivity contribution in [2.45, 2.75) is 25.3 Å². The van der Waals surface area contributed by atoms with Gasteiger partial charge in [-0.05, 0) is 40.9 Å². The Kier molecular flexibility index (Phi) is 5.43. The van der Waals surface area contributed by atoms with Crippen LogP contribution in [-0.4, -0.2) is 38.6 Å². The van der Waals surface area contributed by atoms with E-state index in [0.29, 0.717) is 13.0 Å². The molecule has 28 heavy (non-hydrogen) atoms. The highest BCUT2D eigenvalue weighted by molar-refractivity contribution is 7.17. The Morgan fingerprint density at radius 3 is 2.82 bits per heavy atom. The number of rotatable bonds is 7. The molecular weight excluding hydrogens is 373 g/mol. The third-order valence-corrected chi connectivity index (χ3v) is 5.83. The van der Waals surface area contributed by atoms with Crippen molar-refractivity contribution in [1.29, 1.82) is 0 Å². The molecule has 0 aliphatic carbocycles. The number of hydrogen-bond acceptors (Lipinski definition) is 5. The first-order chi connectivity index (χ1) is 13.6. The molecule has 0 spiro atoms. The van der Waals surface area contributed by atoms with Gasteiger partial charge in [0.1, 0.15) is 0 Å². The summed E-state index contributed by atoms with van der Waals surface area (Å²) in [5.74, 6) is -0.986. The van der Waals surface area contributed by atoms with Crippen molar-refractivity contribution >= 4 is 45.5 Å². The summed E-state index contributed by atoms with van der Waals surface area (Å²) < 4.78 is 3.06. The predicted octanol–water partition coefficient (Wildman–Crippen LogP) is 2.38. The molecule has 1 unspecified atom stereocenters. The maximum absolute atomic E-state index is 12.4. The Morgan fingerprint density at radius 1 is 1.18 bits per heavy atom. The summed E-state index contributed by atoms with van der Waals surface area (Å²) in [5, 5.41) is 25.4. The van der Waals surface area contributed by atoms with E-state index >= 15 is 0 Å². The molecule has 1 amide bonds. The van der Waals surface area contributed by atoms with Crippen LogP contribution in [0.25, 0.3) is 21.1 Å². The van der Waals surface area contributed by atoms with Crippen LogP contribution in [0.3, 0.4) is 0 Å². The molecule has 0 aliphatic rings. The Balaban J connectivity index is 1.41. The molecule has 8 heteroatoms. The van der Waals surface area contributed by atoms with Crippen LogP contribution in [0.1, 0.15) is 12.0 Å². The van der Waals surface area contributed by atoms with Gasteiger partial charge in [-0.15, -0.1) is 11.3 Å². The summed E-state index contributed by atoms with van der Waals surface area (Å²) in [6.07, 6.45) is 2.31. The van der Waals surface area contributed by atoms with Crippen molar-refractivity contribution in [3.05, 3.63) is 65.8 Å². The van der Waals surface area contributed by atoms with Gasteiger partial charge >= 0.3 is 7.12 Å². The van der Waals surface area contributed by atoms with E-state index in [2.05, 4.69) is 10.3 Å². The van der Waals surface area contributed by atoms with Crippen molar-refractivity contribution < 1.29 is 14.8 Å². The number of fused-ring (bicyclic) bond motifs is 2. The lowest BCUT2D eigenvalue weighted by Crippen LogP contribution is -2.48. The highest BCUT2D eigenvalue weighted by Crippen LogP contribution is 2.26. The maximum Gasteiger partial charge on any atom is 0.475 e. The molecule has 6 nitrogen and oxygen atoms in total. The maximum atomic E-state index is 12.4. The number of thiophene rings is 1. The minimum Gasteiger partial charge on any atom is -0.426 e. The molecular formula is C20H20BN3O3S. The molecule has 2 aromatic carbocycles. The molecule has 0 aliphatic heterocycles. The number of carbonyl (C=O) groups excluding carboxylic acids is 1. The van der Waals surface area contributed by atoms with Crippen LogP contribution in [0.5, 0.6) is 0 Å². The molecule has 2 aromatic heterocycles. The molecule has 0 saturated heterocycles. The largest absolute Gasteiger partial charge is 0.475 e. The van der Waals surface area contributed by atoms with Crippen LogP contribution in [0.2, 0.25) is 0 Å². The molecule has 142 valence electrons. The van der Waals surface area contributed by atoms with Gasteiger partial charge in [0.15, 0.2) is 0 Å². The predicted molar refractivity (Wildman–Crippen MR) is 112 cm³/mol. The van der Waals surface area contributed by atoms with Crippen molar-refractivity contribution in [2.24, 2.45) is 0 Å². The average molecular weight is 393 g/mol. The van der Waals surface area contributed by atoms with Gasteiger partial charge in [0, 0.05) is 17.7 Å². The van der Waals surface area contributed by atoms with Crippen LogP contribution in [0.4, 0.5) is 0 Å². The summed E-state index contributed by atoms with van der Waals surface area (Å²) in [7, 11) is -1.63. The molecule has 3 N–H and O–H groups in total. The number of aryl methyl sites for hydroxylation is 1. The zero-order chi connectivity index (χ0) is 19.5. The lowest BCUT2D eigenvalue weighted by atomic mass is 9.76. The number of amides is 1. The second kappa shape index (κ2) is 8.14. The standard InChI is InChI=1S/C20H20BN3O3S/c25-20(9-10-24-13-22-16-6-2-3-7-17(16)24)23-19(21(26)27)11-14-12-28-18-8-4-1-5-15(14)18/h1-8,12-13,19,26-27H,9-11H2,(H,23,25). The van der Waals surface area contributed by atoms with Crippen LogP contribution in [0, 0.1) is 0 Å². The Hall–Kier alpha value is -2.68. The lowest BCUT2D eigenvalue weighted by molar-refractivity contribution is -0.121. The normalized spacial score (nSPS) is 12.4. The molecule has 0 radical (unpaired) electrons. The first kappa shape index (κ1) is 18.7. The van der Waals surface area contributed by atoms with E-state index < -0.39 is 13.1 Å². The average Bonchev–Trinajstić information content (AvgIpc) is 3.30. The second-order valence-corrected chi connectivity index (χ2v) is 7.64. The molecule has 0 fully saturated rings. The second-order valence-electron chi connectivity index (χ2n) is 6.73. The highest BCUT2D eigenvalue weighted by atomic mass is 32.1. The number of nitrogens with zero attached hydrogens (tertiary/aromatic N) is 2. The van der Waals surface area contributed by atoms with Gasteiger partial charge in [-0.2, -0.15) is 0 Å². The van der Waals surface area contributed by atoms with Crippen molar-refractivity contribution in [3.8, 4) is 0 Å². The number of hydrogen-bond donors (Lipinski definition) is 3. The topological polar surface area (TPSA) is 87.4 Å². The van der Waals surface area contributed by atoms with Crippen molar-refractivity contribution in [3.63, 3.8) is 0 Å². The molecule has 2 heterocycles. The summed E-state index contributed by atoms with van der Waals surface area (Å²) in [6, 6.07) is 15.7. The smallest absolute Gasteiger partial charge is 0.426 e. The summed E-state index contributed by atoms with van der Waals surface area (Å²) in [6.45, 7) is 0.474. The van der Waals surface area contributed by atoms with Crippen LogP contribution in [0.15, 0.2) is 60.2 Å². The van der Waals surface area contributed by atoms with E-state index in [0.717, 1.165) is 26.7 Å². The zero-order valence-electron chi connectivity index (χ0n) is 15.2. The van der Waals surface area contributed by atoms with Crippen molar-refractivity contribution in [2.75, 3.05) is 0 Å². The fourth-order valence-corrected chi connectivity index (χ4v) is 4.32. The van der Waals surface area contributed by atoms with Crippen molar-refractivity contribution in [1.82, 2.24) is 14.9 Å². The number of aromatic nitrogens is 2. The van der Waals surface area contributed by atoms with Gasteiger partial charge in [-0.3, -0.25) is 4.79 Å². The monoisotopic (exact) mass is 393 g/mol. The first-order valence-electron chi connectivity index (χ1n) is 9.12. The van der Waals surface area contributed by atoms with E-state index in [1.165, 1.54) is 0 Å². The molecule has 4 rings (SSSR count). The van der Waals surface area contributed by atoms with E-state index in [4.69, 9.17) is 0 Å². The molecule has 4 aromatic rings. The summed E-state index contributed by atoms with van der Waals surface area (Å²) in [5.41, 5.74) is 2.86. The quantitative estimate of drug-likeness (QED) is 0.421. The summed E-state index contributed by atoms with van der Waals surface area (Å²) in [4.78, 5) is 16.7. The van der Waals surface area contributed by atoms with Gasteiger partial charge < -0.3 is 19.9 Å². The SMILES string of the molecule is O=C(CCn1cnc2ccccc21)NC(Cc1csc2ccccc12)B(O)O. The van der Waals surface area contributed by atoms with Gasteiger partial charge in [0.25, 0.3) is 0 Å². The number of para-hydroxylation sites is 2. The van der Waals surface area contributed by atoms with E-state index in [1.807, 2.05) is 58.5 Å². The molecule has 1 atom stereocenters. The van der Waals surface area contributed by atoms with E-state index in [-0.39, 0.29) is 12.3 Å². The molecule has 0 saturated carbocycles. The van der Waals surface area contributed by atoms with Gasteiger partial charge in [0.05, 0.1) is 23.3 Å². The van der Waals surface area contributed by atoms with Gasteiger partial charge in [0.2, 0.25) is 5.91 Å². The van der Waals surface area contributed by atoms with E-state index in [1.54, 1.807) is 17.7 Å². The fraction of sp³-hybridized carbons (Fsp3) is 0.200. The highest BCUT2D eigenvalue weighted by Gasteiger charge is 2.26. The van der Waals surface area contributed by atoms with Crippen LogP contribution < -0.4 is 5.32 Å². The number of imidazole rings is 1. The minimum atomic E-state index is -1.63. The fourth-order valence-electron chi connectivity index (χ4n) is 3.35. The van der Waals surface area contributed by atoms with Crippen LogP contribution in [-0.2, 0) is 17.8 Å². The Bertz CT molecular complexity index is 1110. The lowest BCUT2D eigenvalue weighted by Gasteiger charge is -2.18. The Morgan fingerprint density at radius 2 is 1.96 bits per heavy atom. The number of benzene rings is 2. The van der Waals surface area contributed by atoms with Gasteiger partial charge in [-0.1, -0.05) is 30.3 Å². The molecule has 0 bridgehead atoms. The number of carbonyl (C=O) groups is 1. The third-order valence-electron chi connectivity index (χ3n) is 4.81. The third kappa shape index (κ3) is 3.94.